The van der Waals surface area contributed by atoms with E-state index in [2.05, 4.69) is 74.1 Å². The van der Waals surface area contributed by atoms with E-state index >= 15 is 19.2 Å². The van der Waals surface area contributed by atoms with Crippen molar-refractivity contribution in [1.82, 2.24) is 79.0 Å². The first-order valence-corrected chi connectivity index (χ1v) is 41.7. The Bertz CT molecular complexity index is 4050. The highest BCUT2D eigenvalue weighted by Crippen LogP contribution is 2.29. The number of nitrogens with zero attached hydrogens (tertiary/aromatic N) is 1. The Morgan fingerprint density at radius 2 is 1.21 bits per heavy atom. The molecule has 19 N–H and O–H groups in total. The van der Waals surface area contributed by atoms with E-state index in [-0.39, 0.29) is 88.5 Å². The van der Waals surface area contributed by atoms with E-state index in [9.17, 15) is 68.1 Å². The smallest absolute Gasteiger partial charge is 0.327 e. The number of ether oxygens (including phenoxy) is 1. The third-order valence-corrected chi connectivity index (χ3v) is 23.7. The van der Waals surface area contributed by atoms with Crippen LogP contribution in [0.3, 0.4) is 0 Å². The number of nitrogens with two attached hydrogens (primary N) is 1. The zero-order valence-corrected chi connectivity index (χ0v) is 65.7. The second kappa shape index (κ2) is 42.7. The zero-order chi connectivity index (χ0) is 81.3. The van der Waals surface area contributed by atoms with Crippen LogP contribution in [0.25, 0.3) is 10.9 Å². The first kappa shape index (κ1) is 87.7. The van der Waals surface area contributed by atoms with Gasteiger partial charge in [0.2, 0.25) is 82.7 Å². The fraction of sp³-hybridized carbons (Fsp3) is 0.521. The van der Waals surface area contributed by atoms with Crippen LogP contribution in [0.5, 0.6) is 11.5 Å². The Morgan fingerprint density at radius 1 is 0.616 bits per heavy atom. The van der Waals surface area contributed by atoms with Gasteiger partial charge in [-0.25, -0.2) is 4.79 Å². The molecule has 13 atom stereocenters. The number of aliphatic hydroxyl groups is 1. The van der Waals surface area contributed by atoms with Crippen LogP contribution >= 0.6 is 43.2 Å². The Hall–Kier alpha value is -9.83. The summed E-state index contributed by atoms with van der Waals surface area (Å²) in [5.74, 6) is -16.5. The van der Waals surface area contributed by atoms with Gasteiger partial charge in [-0.2, -0.15) is 0 Å². The van der Waals surface area contributed by atoms with Crippen molar-refractivity contribution >= 4 is 143 Å². The second-order valence-corrected chi connectivity index (χ2v) is 33.3. The SMILES string of the molecule is COc1ccc(C[C@@H]2NC(=O)CNC(=O)[C@@H]3CSSC[C@H](NC(=O)[C@H](CC(C)C)NC(=O)[C@H](CCCCN)NC(=O)[C@H](Cc4ccc(O)cc4)NC2=O)C(=O)N[C@@H](Cc2c[nH]c4ccccc24)C(=O)N2CC[C@H](O)[C@H]2C(=O)N[C@H](C(=O)O)CSSC[C@H](NC(=O)[C@@H](NC(=O)CNC(=O)[C@@H]2CCC(=O)N2)C(C)C)C(=O)N3)cc1. The van der Waals surface area contributed by atoms with Crippen molar-refractivity contribution in [2.45, 2.75) is 171 Å². The van der Waals surface area contributed by atoms with E-state index < -0.39 is 203 Å². The number of hydrogen-bond acceptors (Lipinski definition) is 23. The molecule has 0 saturated carbocycles. The molecule has 4 aromatic rings. The summed E-state index contributed by atoms with van der Waals surface area (Å²) in [6, 6.07) is 0.891. The number of methoxy groups -OCH3 is 1. The summed E-state index contributed by atoms with van der Waals surface area (Å²) in [5, 5.41) is 67.1. The van der Waals surface area contributed by atoms with Gasteiger partial charge in [-0.05, 0) is 104 Å². The number of aliphatic carboxylic acids is 1. The molecule has 35 nitrogen and oxygen atoms in total. The number of fused-ring (bicyclic) bond motifs is 7. The molecule has 5 heterocycles. The lowest BCUT2D eigenvalue weighted by Crippen LogP contribution is -2.61. The minimum atomic E-state index is -1.75. The summed E-state index contributed by atoms with van der Waals surface area (Å²) >= 11 is 0. The number of unbranched alkanes of at least 4 members (excludes halogenated alkanes) is 1. The molecular weight excluding hydrogens is 1530 g/mol. The van der Waals surface area contributed by atoms with E-state index in [1.54, 1.807) is 82.4 Å². The van der Waals surface area contributed by atoms with Gasteiger partial charge in [-0.3, -0.25) is 67.1 Å². The molecular formula is C73H98N16O19S4. The Labute approximate surface area is 661 Å². The molecule has 3 aromatic carbocycles. The van der Waals surface area contributed by atoms with Gasteiger partial charge in [0.15, 0.2) is 0 Å². The van der Waals surface area contributed by atoms with E-state index in [0.29, 0.717) is 39.8 Å². The number of aromatic hydroxyl groups is 1. The number of phenols is 1. The summed E-state index contributed by atoms with van der Waals surface area (Å²) < 4.78 is 5.35. The van der Waals surface area contributed by atoms with Gasteiger partial charge in [-0.15, -0.1) is 0 Å². The van der Waals surface area contributed by atoms with Crippen molar-refractivity contribution < 1.29 is 92.0 Å². The molecule has 0 radical (unpaired) electrons. The molecule has 4 fully saturated rings. The Kier molecular flexibility index (Phi) is 33.5. The standard InChI is InChI=1S/C73H98N16O19S4/c1-37(2)26-48-65(98)85-53-34-110-109-33-52(63(96)77-31-58(93)79-49(27-40-15-19-43(108-5)20-16-40)66(99)82-50(28-39-13-17-42(90)18-14-39)67(100)80-46(64(97)81-48)12-8-9-24-74)84-69(102)54(86-70(103)60(38(3)4)88-59(94)32-76-62(95)47-21-22-57(92)78-47)35-111-112-36-55(73(106)107)87-71(104)61-56(91)23-25-89(61)72(105)51(83-68(53)101)29-41-30-75-45-11-7-6-10-44(41)45/h6-7,10-11,13-20,30,37-38,46-56,60-61,75,90-91H,8-9,12,21-29,31-36,74H2,1-5H3,(H,76,95)(H,77,96)(H,78,92)(H,79,93)(H,80,100)(H,81,97)(H,82,99)(H,83,101)(H,84,102)(H,85,98)(H,86,103)(H,87,104)(H,88,94)(H,106,107)/t46-,47-,48-,49-,50-,51-,52-,53-,54-,55-,56-,60-,61-/m0/s1. The van der Waals surface area contributed by atoms with Crippen molar-refractivity contribution in [1.29, 1.82) is 0 Å². The van der Waals surface area contributed by atoms with Crippen LogP contribution in [0.15, 0.2) is 79.0 Å². The van der Waals surface area contributed by atoms with Crippen LogP contribution in [0.2, 0.25) is 0 Å². The van der Waals surface area contributed by atoms with E-state index in [1.807, 2.05) is 0 Å². The lowest BCUT2D eigenvalue weighted by molar-refractivity contribution is -0.146. The topological polar surface area (TPSA) is 527 Å². The molecule has 4 aliphatic rings. The number of para-hydroxylation sites is 1. The average Bonchev–Trinajstić information content (AvgIpc) is 1.59. The molecule has 0 unspecified atom stereocenters. The van der Waals surface area contributed by atoms with Gasteiger partial charge in [0.1, 0.15) is 84.0 Å². The lowest BCUT2D eigenvalue weighted by atomic mass is 10.00. The average molecular weight is 1630 g/mol. The number of benzene rings is 3. The number of amides is 14. The van der Waals surface area contributed by atoms with Crippen LogP contribution in [0.1, 0.15) is 89.3 Å². The molecule has 39 heteroatoms. The largest absolute Gasteiger partial charge is 0.508 e. The summed E-state index contributed by atoms with van der Waals surface area (Å²) in [5.41, 5.74) is 7.99. The normalized spacial score (nSPS) is 25.1. The second-order valence-electron chi connectivity index (χ2n) is 28.2. The lowest BCUT2D eigenvalue weighted by Gasteiger charge is -2.31. The fourth-order valence-electron chi connectivity index (χ4n) is 12.7. The van der Waals surface area contributed by atoms with Gasteiger partial charge in [-0.1, -0.05) is 113 Å². The van der Waals surface area contributed by atoms with Crippen molar-refractivity contribution in [3.8, 4) is 11.5 Å². The third-order valence-electron chi connectivity index (χ3n) is 18.9. The van der Waals surface area contributed by atoms with Crippen molar-refractivity contribution in [2.24, 2.45) is 17.6 Å². The molecule has 0 aliphatic carbocycles. The van der Waals surface area contributed by atoms with Crippen molar-refractivity contribution in [3.63, 3.8) is 0 Å². The summed E-state index contributed by atoms with van der Waals surface area (Å²) in [6.07, 6.45) is -0.0448. The maximum Gasteiger partial charge on any atom is 0.327 e. The maximum atomic E-state index is 15.5. The third kappa shape index (κ3) is 25.9. The van der Waals surface area contributed by atoms with Gasteiger partial charge < -0.3 is 105 Å². The van der Waals surface area contributed by atoms with Gasteiger partial charge >= 0.3 is 5.97 Å². The summed E-state index contributed by atoms with van der Waals surface area (Å²) in [6.45, 7) is 5.07. The first-order valence-electron chi connectivity index (χ1n) is 36.7. The van der Waals surface area contributed by atoms with Crippen LogP contribution < -0.4 is 79.6 Å². The number of H-pyrrole nitrogens is 1. The molecule has 4 saturated heterocycles. The summed E-state index contributed by atoms with van der Waals surface area (Å²) in [4.78, 5) is 220. The summed E-state index contributed by atoms with van der Waals surface area (Å²) in [7, 11) is 4.85. The highest BCUT2D eigenvalue weighted by atomic mass is 33.1. The first-order chi connectivity index (χ1) is 53.5. The number of carbonyl (C=O) groups is 15. The highest BCUT2D eigenvalue weighted by molar-refractivity contribution is 8.77. The van der Waals surface area contributed by atoms with Gasteiger partial charge in [0, 0.05) is 72.3 Å². The maximum absolute atomic E-state index is 15.5. The number of nitrogens with one attached hydrogen (secondary N) is 14. The Balaban J connectivity index is 1.21. The van der Waals surface area contributed by atoms with E-state index in [4.69, 9.17) is 10.5 Å². The van der Waals surface area contributed by atoms with Gasteiger partial charge in [0.25, 0.3) is 0 Å². The monoisotopic (exact) mass is 1630 g/mol. The van der Waals surface area contributed by atoms with E-state index in [1.165, 1.54) is 31.4 Å². The molecule has 2 bridgehead atoms. The number of aliphatic hydroxyl groups excluding tert-OH is 1. The van der Waals surface area contributed by atoms with Crippen molar-refractivity contribution in [3.05, 3.63) is 95.7 Å². The van der Waals surface area contributed by atoms with Crippen LogP contribution in [-0.2, 0) is 91.2 Å². The molecule has 608 valence electrons. The number of rotatable bonds is 21. The zero-order valence-electron chi connectivity index (χ0n) is 62.4. The molecule has 112 heavy (non-hydrogen) atoms. The van der Waals surface area contributed by atoms with Gasteiger partial charge in [0.05, 0.1) is 26.3 Å². The minimum Gasteiger partial charge on any atom is -0.508 e. The quantitative estimate of drug-likeness (QED) is 0.0315. The van der Waals surface area contributed by atoms with Crippen LogP contribution in [0.4, 0.5) is 0 Å². The molecule has 8 rings (SSSR count). The molecule has 1 aromatic heterocycles. The predicted octanol–water partition coefficient (Wildman–Crippen LogP) is -2.06. The number of hydrogen-bond donors (Lipinski definition) is 18. The van der Waals surface area contributed by atoms with Crippen LogP contribution in [-0.4, -0.2) is 249 Å². The number of carboxylic acid groups (broad SMARTS) is 1. The number of aromatic amines is 1. The van der Waals surface area contributed by atoms with E-state index in [0.717, 1.165) is 48.1 Å². The number of aromatic nitrogens is 1. The molecule has 4 aliphatic heterocycles. The predicted molar refractivity (Wildman–Crippen MR) is 418 cm³/mol. The number of phenolic OH excluding ortho intramolecular Hbond substituents is 1. The molecule has 14 amide bonds. The fourth-order valence-corrected chi connectivity index (χ4v) is 17.4. The minimum absolute atomic E-state index is 0.0462. The van der Waals surface area contributed by atoms with Crippen molar-refractivity contribution in [2.75, 3.05) is 56.3 Å². The molecule has 0 spiro atoms. The Morgan fingerprint density at radius 3 is 1.86 bits per heavy atom. The number of carboxylic acids is 1. The highest BCUT2D eigenvalue weighted by Gasteiger charge is 2.46. The van der Waals surface area contributed by atoms with Crippen LogP contribution in [0, 0.1) is 11.8 Å². The number of carbonyl (C=O) groups excluding carboxylic acids is 14.